The lowest BCUT2D eigenvalue weighted by molar-refractivity contribution is 0.477. The molecule has 0 aliphatic carbocycles. The molecule has 0 radical (unpaired) electrons. The Kier molecular flexibility index (Phi) is 4.50. The highest BCUT2D eigenvalue weighted by Gasteiger charge is 2.25. The molecule has 0 fully saturated rings. The van der Waals surface area contributed by atoms with E-state index in [0.29, 0.717) is 34.0 Å². The molecule has 0 atom stereocenters. The normalized spacial score (nSPS) is 12.1. The number of aryl methyl sites for hydroxylation is 1. The summed E-state index contributed by atoms with van der Waals surface area (Å²) >= 11 is 0. The van der Waals surface area contributed by atoms with Gasteiger partial charge < -0.3 is 4.42 Å². The van der Waals surface area contributed by atoms with Crippen LogP contribution in [0.25, 0.3) is 22.4 Å². The second-order valence-electron chi connectivity index (χ2n) is 7.12. The minimum absolute atomic E-state index is 0.0216. The van der Waals surface area contributed by atoms with Gasteiger partial charge in [0.1, 0.15) is 5.58 Å². The van der Waals surface area contributed by atoms with E-state index in [1.165, 1.54) is 0 Å². The van der Waals surface area contributed by atoms with E-state index < -0.39 is 9.84 Å². The molecule has 0 bridgehead atoms. The van der Waals surface area contributed by atoms with E-state index in [4.69, 9.17) is 4.42 Å². The van der Waals surface area contributed by atoms with E-state index >= 15 is 0 Å². The summed E-state index contributed by atoms with van der Waals surface area (Å²) in [6, 6.07) is 12.9. The van der Waals surface area contributed by atoms with Crippen LogP contribution >= 0.6 is 0 Å². The molecule has 0 aliphatic heterocycles. The van der Waals surface area contributed by atoms with Crippen LogP contribution in [0.3, 0.4) is 0 Å². The first-order chi connectivity index (χ1) is 13.3. The van der Waals surface area contributed by atoms with Crippen LogP contribution in [0.5, 0.6) is 0 Å². The summed E-state index contributed by atoms with van der Waals surface area (Å²) in [7, 11) is -3.66. The first-order valence-corrected chi connectivity index (χ1v) is 10.6. The Labute approximate surface area is 162 Å². The van der Waals surface area contributed by atoms with E-state index in [2.05, 4.69) is 34.5 Å². The molecule has 0 saturated carbocycles. The van der Waals surface area contributed by atoms with Gasteiger partial charge in [0, 0.05) is 16.5 Å². The van der Waals surface area contributed by atoms with Gasteiger partial charge in [-0.1, -0.05) is 38.1 Å². The van der Waals surface area contributed by atoms with Crippen molar-refractivity contribution in [3.8, 4) is 11.4 Å². The Hall–Kier alpha value is -3.00. The monoisotopic (exact) mass is 396 g/mol. The molecule has 144 valence electrons. The highest BCUT2D eigenvalue weighted by molar-refractivity contribution is 7.90. The zero-order valence-electron chi connectivity index (χ0n) is 15.8. The van der Waals surface area contributed by atoms with Gasteiger partial charge in [-0.25, -0.2) is 8.42 Å². The maximum absolute atomic E-state index is 13.1. The number of nitrogens with one attached hydrogen (secondary N) is 1. The maximum atomic E-state index is 13.1. The number of benzene rings is 2. The fourth-order valence-electron chi connectivity index (χ4n) is 3.24. The van der Waals surface area contributed by atoms with Gasteiger partial charge in [0.05, 0.1) is 5.75 Å². The maximum Gasteiger partial charge on any atom is 0.222 e. The average Bonchev–Trinajstić information content (AvgIpc) is 3.30. The third kappa shape index (κ3) is 3.31. The lowest BCUT2D eigenvalue weighted by atomic mass is 10.0. The van der Waals surface area contributed by atoms with Crippen LogP contribution < -0.4 is 0 Å². The van der Waals surface area contributed by atoms with Crippen molar-refractivity contribution >= 4 is 20.8 Å². The lowest BCUT2D eigenvalue weighted by Gasteiger charge is -2.05. The van der Waals surface area contributed by atoms with Crippen molar-refractivity contribution in [2.75, 3.05) is 0 Å². The van der Waals surface area contributed by atoms with Crippen molar-refractivity contribution in [1.82, 2.24) is 20.6 Å². The van der Waals surface area contributed by atoms with Crippen LogP contribution in [0.2, 0.25) is 0 Å². The molecule has 4 aromatic rings. The van der Waals surface area contributed by atoms with E-state index in [1.54, 1.807) is 31.2 Å². The first-order valence-electron chi connectivity index (χ1n) is 8.94. The van der Waals surface area contributed by atoms with Gasteiger partial charge in [0.2, 0.25) is 20.8 Å². The molecule has 8 heteroatoms. The third-order valence-electron chi connectivity index (χ3n) is 4.75. The predicted molar refractivity (Wildman–Crippen MR) is 106 cm³/mol. The molecular formula is C20H20N4O3S. The van der Waals surface area contributed by atoms with Gasteiger partial charge in [0.15, 0.2) is 0 Å². The molecule has 0 unspecified atom stereocenters. The van der Waals surface area contributed by atoms with Crippen molar-refractivity contribution in [3.05, 3.63) is 59.2 Å². The van der Waals surface area contributed by atoms with Crippen molar-refractivity contribution in [3.63, 3.8) is 0 Å². The van der Waals surface area contributed by atoms with Crippen LogP contribution in [-0.4, -0.2) is 29.0 Å². The number of sulfone groups is 1. The second kappa shape index (κ2) is 6.87. The lowest BCUT2D eigenvalue weighted by Crippen LogP contribution is -2.05. The number of nitrogens with zero attached hydrogens (tertiary/aromatic N) is 3. The fourth-order valence-corrected chi connectivity index (χ4v) is 4.78. The molecule has 0 amide bonds. The SMILES string of the molecule is Cc1c(S(=O)(=O)Cc2cccc(-c3nn[nH]n3)c2)oc2ccc(C(C)C)cc12. The number of H-pyrrole nitrogens is 1. The number of aromatic amines is 1. The minimum Gasteiger partial charge on any atom is -0.444 e. The molecule has 28 heavy (non-hydrogen) atoms. The average molecular weight is 396 g/mol. The van der Waals surface area contributed by atoms with Gasteiger partial charge in [-0.3, -0.25) is 0 Å². The van der Waals surface area contributed by atoms with Crippen LogP contribution in [-0.2, 0) is 15.6 Å². The summed E-state index contributed by atoms with van der Waals surface area (Å²) < 4.78 is 31.9. The molecule has 4 rings (SSSR count). The summed E-state index contributed by atoms with van der Waals surface area (Å²) in [6.07, 6.45) is 0. The second-order valence-corrected chi connectivity index (χ2v) is 9.01. The van der Waals surface area contributed by atoms with Gasteiger partial charge >= 0.3 is 0 Å². The molecule has 1 N–H and O–H groups in total. The molecule has 0 spiro atoms. The summed E-state index contributed by atoms with van der Waals surface area (Å²) in [6.45, 7) is 5.99. The number of hydrogen-bond donors (Lipinski definition) is 1. The molecule has 0 aliphatic rings. The third-order valence-corrected chi connectivity index (χ3v) is 6.42. The Morgan fingerprint density at radius 2 is 1.96 bits per heavy atom. The Balaban J connectivity index is 1.71. The van der Waals surface area contributed by atoms with Crippen LogP contribution in [0.4, 0.5) is 0 Å². The van der Waals surface area contributed by atoms with Crippen LogP contribution in [0, 0.1) is 6.92 Å². The summed E-state index contributed by atoms with van der Waals surface area (Å²) in [5.74, 6) is 0.600. The molecular weight excluding hydrogens is 376 g/mol. The van der Waals surface area contributed by atoms with Crippen LogP contribution in [0.1, 0.15) is 36.5 Å². The van der Waals surface area contributed by atoms with Crippen LogP contribution in [0.15, 0.2) is 52.0 Å². The zero-order valence-corrected chi connectivity index (χ0v) is 16.6. The topological polar surface area (TPSA) is 102 Å². The van der Waals surface area contributed by atoms with E-state index in [9.17, 15) is 8.42 Å². The number of rotatable bonds is 5. The summed E-state index contributed by atoms with van der Waals surface area (Å²) in [5.41, 5.74) is 3.70. The van der Waals surface area contributed by atoms with Crippen molar-refractivity contribution < 1.29 is 12.8 Å². The van der Waals surface area contributed by atoms with Gasteiger partial charge in [-0.15, -0.1) is 10.2 Å². The number of tetrazole rings is 1. The molecule has 0 saturated heterocycles. The number of hydrogen-bond acceptors (Lipinski definition) is 6. The number of fused-ring (bicyclic) bond motifs is 1. The van der Waals surface area contributed by atoms with Crippen molar-refractivity contribution in [2.45, 2.75) is 37.5 Å². The van der Waals surface area contributed by atoms with Crippen molar-refractivity contribution in [2.24, 2.45) is 0 Å². The summed E-state index contributed by atoms with van der Waals surface area (Å²) in [5, 5.41) is 14.7. The Morgan fingerprint density at radius 1 is 1.14 bits per heavy atom. The van der Waals surface area contributed by atoms with Gasteiger partial charge in [-0.2, -0.15) is 5.21 Å². The Morgan fingerprint density at radius 3 is 2.68 bits per heavy atom. The van der Waals surface area contributed by atoms with E-state index in [-0.39, 0.29) is 10.8 Å². The first kappa shape index (κ1) is 18.4. The largest absolute Gasteiger partial charge is 0.444 e. The minimum atomic E-state index is -3.66. The van der Waals surface area contributed by atoms with Gasteiger partial charge in [0.25, 0.3) is 0 Å². The molecule has 7 nitrogen and oxygen atoms in total. The summed E-state index contributed by atoms with van der Waals surface area (Å²) in [4.78, 5) is 0. The fraction of sp³-hybridized carbons (Fsp3) is 0.250. The highest BCUT2D eigenvalue weighted by Crippen LogP contribution is 2.32. The molecule has 2 aromatic carbocycles. The standard InChI is InChI=1S/C20H20N4O3S/c1-12(2)15-7-8-18-17(10-15)13(3)20(27-18)28(25,26)11-14-5-4-6-16(9-14)19-21-23-24-22-19/h4-10,12H,11H2,1-3H3,(H,21,22,23,24). The number of aromatic nitrogens is 4. The van der Waals surface area contributed by atoms with Crippen molar-refractivity contribution in [1.29, 1.82) is 0 Å². The zero-order chi connectivity index (χ0) is 19.9. The predicted octanol–water partition coefficient (Wildman–Crippen LogP) is 4.02. The van der Waals surface area contributed by atoms with E-state index in [0.717, 1.165) is 10.9 Å². The number of furan rings is 1. The quantitative estimate of drug-likeness (QED) is 0.547. The smallest absolute Gasteiger partial charge is 0.222 e. The van der Waals surface area contributed by atoms with Gasteiger partial charge in [-0.05, 0) is 47.4 Å². The molecule has 2 heterocycles. The Bertz CT molecular complexity index is 1240. The highest BCUT2D eigenvalue weighted by atomic mass is 32.2. The molecule has 2 aromatic heterocycles. The van der Waals surface area contributed by atoms with E-state index in [1.807, 2.05) is 18.2 Å².